The van der Waals surface area contributed by atoms with Crippen LogP contribution in [0.4, 0.5) is 0 Å². The molecule has 0 amide bonds. The highest BCUT2D eigenvalue weighted by molar-refractivity contribution is 8.01. The smallest absolute Gasteiger partial charge is 0.215 e. The van der Waals surface area contributed by atoms with Gasteiger partial charge in [-0.25, -0.2) is 16.8 Å². The highest BCUT2D eigenvalue weighted by atomic mass is 32.2. The van der Waals surface area contributed by atoms with Crippen molar-refractivity contribution < 1.29 is 16.8 Å². The maximum absolute atomic E-state index is 11.9. The Morgan fingerprint density at radius 3 is 2.44 bits per heavy atom. The molecule has 5 nitrogen and oxygen atoms in total. The second-order valence-corrected chi connectivity index (χ2v) is 9.18. The Hall–Kier alpha value is 0.210. The third-order valence-electron chi connectivity index (χ3n) is 2.35. The van der Waals surface area contributed by atoms with Gasteiger partial charge < -0.3 is 0 Å². The maximum Gasteiger partial charge on any atom is 0.215 e. The molecule has 0 aromatic carbocycles. The number of rotatable bonds is 4. The van der Waals surface area contributed by atoms with E-state index in [9.17, 15) is 16.8 Å². The van der Waals surface area contributed by atoms with Crippen LogP contribution < -0.4 is 0 Å². The Morgan fingerprint density at radius 1 is 1.31 bits per heavy atom. The summed E-state index contributed by atoms with van der Waals surface area (Å²) in [5, 5.41) is -0.886. The Kier molecular flexibility index (Phi) is 4.67. The van der Waals surface area contributed by atoms with Crippen LogP contribution in [0, 0.1) is 0 Å². The molecule has 0 aliphatic carbocycles. The monoisotopic (exact) mass is 287 g/mol. The Bertz CT molecular complexity index is 428. The van der Waals surface area contributed by atoms with Crippen LogP contribution >= 0.6 is 11.8 Å². The molecule has 1 aliphatic rings. The highest BCUT2D eigenvalue weighted by Gasteiger charge is 2.37. The Labute approximate surface area is 102 Å². The van der Waals surface area contributed by atoms with Gasteiger partial charge in [0.15, 0.2) is 9.84 Å². The van der Waals surface area contributed by atoms with Gasteiger partial charge in [-0.1, -0.05) is 6.92 Å². The largest absolute Gasteiger partial charge is 0.227 e. The topological polar surface area (TPSA) is 71.5 Å². The number of sulfonamides is 1. The second-order valence-electron chi connectivity index (χ2n) is 3.79. The van der Waals surface area contributed by atoms with Gasteiger partial charge in [0.1, 0.15) is 5.37 Å². The molecule has 16 heavy (non-hydrogen) atoms. The van der Waals surface area contributed by atoms with Gasteiger partial charge in [-0.3, -0.25) is 0 Å². The van der Waals surface area contributed by atoms with Gasteiger partial charge in [-0.05, 0) is 6.42 Å². The normalized spacial score (nSPS) is 24.5. The lowest BCUT2D eigenvalue weighted by Crippen LogP contribution is -2.50. The number of hydrogen-bond acceptors (Lipinski definition) is 5. The molecule has 0 radical (unpaired) electrons. The van der Waals surface area contributed by atoms with Gasteiger partial charge >= 0.3 is 0 Å². The minimum absolute atomic E-state index is 0.0175. The van der Waals surface area contributed by atoms with Gasteiger partial charge in [0, 0.05) is 24.3 Å². The Morgan fingerprint density at radius 2 is 1.94 bits per heavy atom. The van der Waals surface area contributed by atoms with E-state index in [-0.39, 0.29) is 5.75 Å². The van der Waals surface area contributed by atoms with E-state index in [1.54, 1.807) is 6.92 Å². The predicted octanol–water partition coefficient (Wildman–Crippen LogP) is 0.146. The zero-order chi connectivity index (χ0) is 12.4. The maximum atomic E-state index is 11.9. The van der Waals surface area contributed by atoms with Crippen molar-refractivity contribution in [3.63, 3.8) is 0 Å². The molecule has 1 unspecified atom stereocenters. The first kappa shape index (κ1) is 14.3. The lowest BCUT2D eigenvalue weighted by molar-refractivity contribution is 0.404. The van der Waals surface area contributed by atoms with Gasteiger partial charge in [-0.15, -0.1) is 0 Å². The van der Waals surface area contributed by atoms with Gasteiger partial charge in [0.25, 0.3) is 0 Å². The summed E-state index contributed by atoms with van der Waals surface area (Å²) in [5.74, 6) is 1.01. The van der Waals surface area contributed by atoms with Crippen molar-refractivity contribution in [3.8, 4) is 0 Å². The predicted molar refractivity (Wildman–Crippen MR) is 66.7 cm³/mol. The molecule has 8 heteroatoms. The van der Waals surface area contributed by atoms with Crippen molar-refractivity contribution in [1.29, 1.82) is 0 Å². The lowest BCUT2D eigenvalue weighted by atomic mass is 10.6. The molecular formula is C8H17NO4S3. The third-order valence-corrected chi connectivity index (χ3v) is 7.20. The summed E-state index contributed by atoms with van der Waals surface area (Å²) >= 11 is 1.48. The van der Waals surface area contributed by atoms with Crippen LogP contribution in [0.3, 0.4) is 0 Å². The molecule has 1 rings (SSSR count). The molecule has 0 N–H and O–H groups in total. The summed E-state index contributed by atoms with van der Waals surface area (Å²) in [4.78, 5) is 0. The molecule has 0 spiro atoms. The summed E-state index contributed by atoms with van der Waals surface area (Å²) in [5.41, 5.74) is 0. The zero-order valence-corrected chi connectivity index (χ0v) is 11.9. The quantitative estimate of drug-likeness (QED) is 0.736. The lowest BCUT2D eigenvalue weighted by Gasteiger charge is -2.32. The number of hydrogen-bond donors (Lipinski definition) is 0. The third kappa shape index (κ3) is 3.35. The molecule has 1 heterocycles. The van der Waals surface area contributed by atoms with Crippen LogP contribution in [0.5, 0.6) is 0 Å². The Balaban J connectivity index is 3.00. The number of nitrogens with zero attached hydrogens (tertiary/aromatic N) is 1. The van der Waals surface area contributed by atoms with Crippen molar-refractivity contribution >= 4 is 31.6 Å². The van der Waals surface area contributed by atoms with Gasteiger partial charge in [-0.2, -0.15) is 16.1 Å². The van der Waals surface area contributed by atoms with Crippen molar-refractivity contribution in [3.05, 3.63) is 0 Å². The standard InChI is InChI=1S/C8H17NO4S3/c1-3-6-16(12,13)9-4-5-14-7-8(9)15(2,10)11/h8H,3-7H2,1-2H3. The van der Waals surface area contributed by atoms with Crippen LogP contribution in [0.25, 0.3) is 0 Å². The first-order valence-electron chi connectivity index (χ1n) is 5.05. The van der Waals surface area contributed by atoms with Crippen LogP contribution in [0.15, 0.2) is 0 Å². The fraction of sp³-hybridized carbons (Fsp3) is 1.00. The van der Waals surface area contributed by atoms with Crippen molar-refractivity contribution in [2.45, 2.75) is 18.7 Å². The first-order chi connectivity index (χ1) is 7.29. The van der Waals surface area contributed by atoms with E-state index in [1.807, 2.05) is 0 Å². The average molecular weight is 287 g/mol. The highest BCUT2D eigenvalue weighted by Crippen LogP contribution is 2.23. The SMILES string of the molecule is CCCS(=O)(=O)N1CCSCC1S(C)(=O)=O. The summed E-state index contributed by atoms with van der Waals surface area (Å²) in [7, 11) is -6.78. The van der Waals surface area contributed by atoms with E-state index < -0.39 is 25.2 Å². The van der Waals surface area contributed by atoms with E-state index in [0.29, 0.717) is 24.5 Å². The second kappa shape index (κ2) is 5.24. The summed E-state index contributed by atoms with van der Waals surface area (Å²) in [6.45, 7) is 2.07. The molecule has 0 aromatic rings. The van der Waals surface area contributed by atoms with Crippen molar-refractivity contribution in [2.75, 3.05) is 30.1 Å². The molecule has 1 aliphatic heterocycles. The van der Waals surface area contributed by atoms with Crippen molar-refractivity contribution in [1.82, 2.24) is 4.31 Å². The fourth-order valence-corrected chi connectivity index (χ4v) is 6.91. The van der Waals surface area contributed by atoms with E-state index in [2.05, 4.69) is 0 Å². The van der Waals surface area contributed by atoms with E-state index in [4.69, 9.17) is 0 Å². The fourth-order valence-electron chi connectivity index (χ4n) is 1.60. The number of sulfone groups is 1. The van der Waals surface area contributed by atoms with Gasteiger partial charge in [0.05, 0.1) is 5.75 Å². The van der Waals surface area contributed by atoms with E-state index in [0.717, 1.165) is 10.6 Å². The molecule has 1 saturated heterocycles. The molecule has 0 bridgehead atoms. The van der Waals surface area contributed by atoms with Crippen LogP contribution in [0.2, 0.25) is 0 Å². The van der Waals surface area contributed by atoms with Gasteiger partial charge in [0.2, 0.25) is 10.0 Å². The van der Waals surface area contributed by atoms with Crippen molar-refractivity contribution in [2.24, 2.45) is 0 Å². The first-order valence-corrected chi connectivity index (χ1v) is 9.77. The molecule has 1 fully saturated rings. The molecule has 0 aromatic heterocycles. The van der Waals surface area contributed by atoms with E-state index in [1.165, 1.54) is 11.8 Å². The number of thioether (sulfide) groups is 1. The van der Waals surface area contributed by atoms with Crippen LogP contribution in [-0.4, -0.2) is 56.6 Å². The zero-order valence-electron chi connectivity index (χ0n) is 9.42. The summed E-state index contributed by atoms with van der Waals surface area (Å²) < 4.78 is 48.0. The minimum atomic E-state index is -3.42. The summed E-state index contributed by atoms with van der Waals surface area (Å²) in [6, 6.07) is 0. The van der Waals surface area contributed by atoms with E-state index >= 15 is 0 Å². The van der Waals surface area contributed by atoms with Crippen LogP contribution in [0.1, 0.15) is 13.3 Å². The average Bonchev–Trinajstić information content (AvgIpc) is 2.16. The molecular weight excluding hydrogens is 270 g/mol. The molecule has 1 atom stereocenters. The van der Waals surface area contributed by atoms with Crippen LogP contribution in [-0.2, 0) is 19.9 Å². The minimum Gasteiger partial charge on any atom is -0.227 e. The summed E-state index contributed by atoms with van der Waals surface area (Å²) in [6.07, 6.45) is 1.60. The molecule has 96 valence electrons. The molecule has 0 saturated carbocycles.